The van der Waals surface area contributed by atoms with Crippen molar-refractivity contribution in [3.8, 4) is 0 Å². The second kappa shape index (κ2) is 7.81. The van der Waals surface area contributed by atoms with E-state index >= 15 is 0 Å². The molecule has 4 aromatic rings. The predicted molar refractivity (Wildman–Crippen MR) is 112 cm³/mol. The van der Waals surface area contributed by atoms with Gasteiger partial charge in [0, 0.05) is 34.5 Å². The maximum absolute atomic E-state index is 13.6. The van der Waals surface area contributed by atoms with E-state index in [1.807, 2.05) is 18.5 Å². The molecule has 0 bridgehead atoms. The van der Waals surface area contributed by atoms with Gasteiger partial charge < -0.3 is 5.32 Å². The minimum atomic E-state index is -0.394. The maximum Gasteiger partial charge on any atom is 0.248 e. The van der Waals surface area contributed by atoms with E-state index in [-0.39, 0.29) is 11.7 Å². The summed E-state index contributed by atoms with van der Waals surface area (Å²) in [4.78, 5) is 30.1. The topological polar surface area (TPSA) is 63.5 Å². The van der Waals surface area contributed by atoms with Gasteiger partial charge in [0.2, 0.25) is 11.7 Å². The second-order valence-electron chi connectivity index (χ2n) is 6.35. The third-order valence-electron chi connectivity index (χ3n) is 4.39. The maximum atomic E-state index is 13.6. The van der Waals surface area contributed by atoms with Crippen LogP contribution < -0.4 is 5.32 Å². The van der Waals surface area contributed by atoms with Crippen LogP contribution in [0.5, 0.6) is 0 Å². The number of aryl methyl sites for hydroxylation is 1. The number of hydrogen-bond acceptors (Lipinski definition) is 4. The van der Waals surface area contributed by atoms with E-state index in [1.165, 1.54) is 29.6 Å². The van der Waals surface area contributed by atoms with E-state index in [4.69, 9.17) is 0 Å². The van der Waals surface area contributed by atoms with Crippen molar-refractivity contribution in [2.45, 2.75) is 6.92 Å². The Morgan fingerprint density at radius 2 is 1.90 bits per heavy atom. The number of anilines is 1. The fourth-order valence-electron chi connectivity index (χ4n) is 2.97. The number of amides is 1. The van der Waals surface area contributed by atoms with Gasteiger partial charge in [0.1, 0.15) is 11.5 Å². The molecule has 0 aliphatic rings. The number of carbonyl (C=O) groups excluding carboxylic acids is 2. The smallest absolute Gasteiger partial charge is 0.248 e. The lowest BCUT2D eigenvalue weighted by atomic mass is 10.1. The fraction of sp³-hybridized carbons (Fsp3) is 0.0455. The van der Waals surface area contributed by atoms with Crippen molar-refractivity contribution in [1.29, 1.82) is 0 Å². The summed E-state index contributed by atoms with van der Waals surface area (Å²) in [6.07, 6.45) is 4.50. The van der Waals surface area contributed by atoms with Gasteiger partial charge in [-0.1, -0.05) is 18.2 Å². The molecule has 0 saturated heterocycles. The Morgan fingerprint density at radius 1 is 1.14 bits per heavy atom. The van der Waals surface area contributed by atoms with Crippen molar-refractivity contribution in [1.82, 2.24) is 9.38 Å². The Kier molecular flexibility index (Phi) is 5.05. The average Bonchev–Trinajstić information content (AvgIpc) is 3.27. The van der Waals surface area contributed by atoms with Gasteiger partial charge in [-0.3, -0.25) is 14.0 Å². The first-order valence-electron chi connectivity index (χ1n) is 8.83. The highest BCUT2D eigenvalue weighted by atomic mass is 32.1. The molecule has 0 radical (unpaired) electrons. The molecule has 29 heavy (non-hydrogen) atoms. The highest BCUT2D eigenvalue weighted by Crippen LogP contribution is 2.21. The van der Waals surface area contributed by atoms with Crippen LogP contribution in [-0.2, 0) is 4.79 Å². The van der Waals surface area contributed by atoms with Crippen LogP contribution in [0.15, 0.2) is 66.2 Å². The quantitative estimate of drug-likeness (QED) is 0.386. The van der Waals surface area contributed by atoms with E-state index in [2.05, 4.69) is 10.3 Å². The van der Waals surface area contributed by atoms with Gasteiger partial charge in [-0.2, -0.15) is 0 Å². The van der Waals surface area contributed by atoms with Crippen LogP contribution in [0, 0.1) is 12.7 Å². The van der Waals surface area contributed by atoms with Crippen molar-refractivity contribution in [2.24, 2.45) is 0 Å². The molecule has 0 fully saturated rings. The molecule has 2 heterocycles. The number of nitrogens with zero attached hydrogens (tertiary/aromatic N) is 2. The first-order chi connectivity index (χ1) is 14.0. The van der Waals surface area contributed by atoms with Gasteiger partial charge in [0.05, 0.1) is 5.69 Å². The number of nitrogens with one attached hydrogen (secondary N) is 1. The van der Waals surface area contributed by atoms with E-state index in [9.17, 15) is 14.0 Å². The Morgan fingerprint density at radius 3 is 2.66 bits per heavy atom. The van der Waals surface area contributed by atoms with Crippen molar-refractivity contribution < 1.29 is 14.0 Å². The van der Waals surface area contributed by atoms with Crippen LogP contribution in [0.1, 0.15) is 27.3 Å². The molecule has 0 saturated carbocycles. The number of rotatable bonds is 5. The first kappa shape index (κ1) is 18.8. The summed E-state index contributed by atoms with van der Waals surface area (Å²) in [6, 6.07) is 12.8. The number of benzene rings is 2. The zero-order valence-electron chi connectivity index (χ0n) is 15.4. The molecule has 1 N–H and O–H groups in total. The van der Waals surface area contributed by atoms with Crippen molar-refractivity contribution in [3.63, 3.8) is 0 Å². The largest absolute Gasteiger partial charge is 0.323 e. The second-order valence-corrected chi connectivity index (χ2v) is 7.22. The van der Waals surface area contributed by atoms with Gasteiger partial charge in [-0.25, -0.2) is 9.37 Å². The number of fused-ring (bicyclic) bond motifs is 1. The van der Waals surface area contributed by atoms with Crippen LogP contribution in [0.25, 0.3) is 11.0 Å². The van der Waals surface area contributed by atoms with Crippen LogP contribution in [-0.4, -0.2) is 21.1 Å². The van der Waals surface area contributed by atoms with Gasteiger partial charge in [-0.15, -0.1) is 11.3 Å². The van der Waals surface area contributed by atoms with Crippen molar-refractivity contribution in [2.75, 3.05) is 5.32 Å². The molecule has 0 unspecified atom stereocenters. The van der Waals surface area contributed by atoms with E-state index in [1.54, 1.807) is 46.9 Å². The zero-order chi connectivity index (χ0) is 20.4. The molecule has 7 heteroatoms. The number of carbonyl (C=O) groups is 2. The molecule has 0 aliphatic carbocycles. The lowest BCUT2D eigenvalue weighted by Gasteiger charge is -2.05. The number of thiazole rings is 1. The van der Waals surface area contributed by atoms with Crippen LogP contribution in [0.4, 0.5) is 10.1 Å². The fourth-order valence-corrected chi connectivity index (χ4v) is 3.73. The monoisotopic (exact) mass is 405 g/mol. The Labute approximate surface area is 170 Å². The molecule has 0 aliphatic heterocycles. The van der Waals surface area contributed by atoms with Gasteiger partial charge >= 0.3 is 0 Å². The summed E-state index contributed by atoms with van der Waals surface area (Å²) in [7, 11) is 0. The van der Waals surface area contributed by atoms with Crippen LogP contribution >= 0.6 is 11.3 Å². The normalized spacial score (nSPS) is 11.2. The molecule has 0 atom stereocenters. The number of halogens is 1. The molecular weight excluding hydrogens is 389 g/mol. The Bertz CT molecular complexity index is 1240. The highest BCUT2D eigenvalue weighted by molar-refractivity contribution is 7.15. The Balaban J connectivity index is 1.47. The zero-order valence-corrected chi connectivity index (χ0v) is 16.2. The van der Waals surface area contributed by atoms with E-state index in [0.29, 0.717) is 28.2 Å². The number of hydrogen-bond donors (Lipinski definition) is 1. The highest BCUT2D eigenvalue weighted by Gasteiger charge is 2.18. The van der Waals surface area contributed by atoms with Crippen molar-refractivity contribution >= 4 is 39.8 Å². The molecule has 1 amide bonds. The third-order valence-corrected chi connectivity index (χ3v) is 5.14. The molecule has 0 spiro atoms. The molecule has 2 aromatic heterocycles. The average molecular weight is 405 g/mol. The Hall–Kier alpha value is -3.58. The van der Waals surface area contributed by atoms with E-state index in [0.717, 1.165) is 4.96 Å². The molecule has 4 rings (SSSR count). The lowest BCUT2D eigenvalue weighted by molar-refractivity contribution is -0.111. The minimum Gasteiger partial charge on any atom is -0.323 e. The van der Waals surface area contributed by atoms with Crippen molar-refractivity contribution in [3.05, 3.63) is 94.5 Å². The molecule has 144 valence electrons. The standard InChI is InChI=1S/C22H16FN3O2S/c1-14-20(26-12-13-29-22(26)24-14)21(28)16-6-9-17(10-7-16)25-19(27)11-8-15-4-2-3-5-18(15)23/h2-13H,1H3,(H,25,27). The van der Waals surface area contributed by atoms with Crippen LogP contribution in [0.3, 0.4) is 0 Å². The van der Waals surface area contributed by atoms with Gasteiger partial charge in [-0.05, 0) is 43.3 Å². The summed E-state index contributed by atoms with van der Waals surface area (Å²) in [5, 5.41) is 4.58. The predicted octanol–water partition coefficient (Wildman–Crippen LogP) is 4.73. The minimum absolute atomic E-state index is 0.134. The SMILES string of the molecule is Cc1nc2sccn2c1C(=O)c1ccc(NC(=O)C=Cc2ccccc2F)cc1. The lowest BCUT2D eigenvalue weighted by Crippen LogP contribution is -2.09. The van der Waals surface area contributed by atoms with E-state index < -0.39 is 5.82 Å². The summed E-state index contributed by atoms with van der Waals surface area (Å²) in [5.74, 6) is -0.918. The number of ketones is 1. The number of aromatic nitrogens is 2. The third kappa shape index (κ3) is 3.86. The molecular formula is C22H16FN3O2S. The molecule has 2 aromatic carbocycles. The summed E-state index contributed by atoms with van der Waals surface area (Å²) in [5.41, 5.74) is 2.58. The van der Waals surface area contributed by atoms with Crippen LogP contribution in [0.2, 0.25) is 0 Å². The molecule has 5 nitrogen and oxygen atoms in total. The summed E-state index contributed by atoms with van der Waals surface area (Å²) in [6.45, 7) is 1.81. The van der Waals surface area contributed by atoms with Gasteiger partial charge in [0.25, 0.3) is 0 Å². The first-order valence-corrected chi connectivity index (χ1v) is 9.71. The summed E-state index contributed by atoms with van der Waals surface area (Å²) >= 11 is 1.47. The van der Waals surface area contributed by atoms with Gasteiger partial charge in [0.15, 0.2) is 4.96 Å². The summed E-state index contributed by atoms with van der Waals surface area (Å²) < 4.78 is 15.4. The number of imidazole rings is 1.